The topological polar surface area (TPSA) is 49.3 Å². The Morgan fingerprint density at radius 3 is 2.61 bits per heavy atom. The molecule has 3 heteroatoms. The second-order valence-electron chi connectivity index (χ2n) is 6.95. The van der Waals surface area contributed by atoms with Gasteiger partial charge >= 0.3 is 0 Å². The smallest absolute Gasteiger partial charge is 0.223 e. The quantitative estimate of drug-likeness (QED) is 0.583. The molecule has 126 valence electrons. The summed E-state index contributed by atoms with van der Waals surface area (Å²) in [5.74, 6) is 3.60. The normalized spacial score (nSPS) is 31.4. The van der Waals surface area contributed by atoms with E-state index in [1.54, 1.807) is 6.08 Å². The van der Waals surface area contributed by atoms with Gasteiger partial charge in [0.1, 0.15) is 0 Å². The third-order valence-corrected chi connectivity index (χ3v) is 5.26. The molecule has 2 fully saturated rings. The largest absolute Gasteiger partial charge is 0.393 e. The number of terminal acetylenes is 1. The molecule has 1 amide bonds. The van der Waals surface area contributed by atoms with E-state index >= 15 is 0 Å². The molecule has 0 unspecified atom stereocenters. The van der Waals surface area contributed by atoms with Gasteiger partial charge in [0, 0.05) is 12.0 Å². The molecule has 2 aliphatic rings. The highest BCUT2D eigenvalue weighted by Gasteiger charge is 2.35. The summed E-state index contributed by atoms with van der Waals surface area (Å²) in [6.07, 6.45) is 18.6. The van der Waals surface area contributed by atoms with Crippen molar-refractivity contribution in [3.05, 3.63) is 23.8 Å². The predicted molar refractivity (Wildman–Crippen MR) is 93.6 cm³/mol. The molecule has 0 heterocycles. The number of aliphatic hydroxyl groups excluding tert-OH is 1. The van der Waals surface area contributed by atoms with Crippen molar-refractivity contribution in [2.45, 2.75) is 70.4 Å². The summed E-state index contributed by atoms with van der Waals surface area (Å²) in [7, 11) is 0. The monoisotopic (exact) mass is 315 g/mol. The molecule has 0 aliphatic heterocycles. The second-order valence-corrected chi connectivity index (χ2v) is 6.95. The van der Waals surface area contributed by atoms with E-state index in [0.717, 1.165) is 51.4 Å². The lowest BCUT2D eigenvalue weighted by Crippen LogP contribution is -2.45. The third-order valence-electron chi connectivity index (χ3n) is 5.26. The highest BCUT2D eigenvalue weighted by atomic mass is 16.3. The van der Waals surface area contributed by atoms with Crippen molar-refractivity contribution in [1.29, 1.82) is 0 Å². The standard InChI is InChI=1S/C20H29NO2/c1-3-5-6-15(4-2)7-8-16-13-17(14-16)20(23)21-18-9-11-19(22)12-10-18/h1,4-6,16-19,22H,7-14H2,2H3,(H,21,23)/b6-5-,15-4+/t16?,17?,18-,19-. The van der Waals surface area contributed by atoms with E-state index in [1.807, 2.05) is 13.0 Å². The van der Waals surface area contributed by atoms with Crippen LogP contribution in [0.2, 0.25) is 0 Å². The van der Waals surface area contributed by atoms with Gasteiger partial charge in [-0.15, -0.1) is 6.42 Å². The number of aliphatic hydroxyl groups is 1. The zero-order chi connectivity index (χ0) is 16.7. The number of nitrogens with one attached hydrogen (secondary N) is 1. The fraction of sp³-hybridized carbons (Fsp3) is 0.650. The number of carbonyl (C=O) groups excluding carboxylic acids is 1. The van der Waals surface area contributed by atoms with Crippen LogP contribution >= 0.6 is 0 Å². The van der Waals surface area contributed by atoms with Crippen molar-refractivity contribution in [2.75, 3.05) is 0 Å². The summed E-state index contributed by atoms with van der Waals surface area (Å²) in [6.45, 7) is 2.04. The van der Waals surface area contributed by atoms with Gasteiger partial charge in [0.05, 0.1) is 6.10 Å². The van der Waals surface area contributed by atoms with Gasteiger partial charge in [0.2, 0.25) is 5.91 Å². The maximum absolute atomic E-state index is 12.2. The van der Waals surface area contributed by atoms with E-state index in [1.165, 1.54) is 5.57 Å². The summed E-state index contributed by atoms with van der Waals surface area (Å²) < 4.78 is 0. The fourth-order valence-electron chi connectivity index (χ4n) is 3.57. The molecule has 0 aromatic rings. The Labute approximate surface area is 140 Å². The van der Waals surface area contributed by atoms with E-state index in [-0.39, 0.29) is 24.0 Å². The lowest BCUT2D eigenvalue weighted by Gasteiger charge is -2.36. The van der Waals surface area contributed by atoms with Gasteiger partial charge in [-0.2, -0.15) is 0 Å². The molecule has 0 atom stereocenters. The highest BCUT2D eigenvalue weighted by Crippen LogP contribution is 2.38. The van der Waals surface area contributed by atoms with Gasteiger partial charge in [0.25, 0.3) is 0 Å². The first kappa shape index (κ1) is 17.8. The van der Waals surface area contributed by atoms with Crippen molar-refractivity contribution < 1.29 is 9.90 Å². The first-order chi connectivity index (χ1) is 11.1. The van der Waals surface area contributed by atoms with Gasteiger partial charge in [0.15, 0.2) is 0 Å². The Kier molecular flexibility index (Phi) is 6.92. The molecular formula is C20H29NO2. The van der Waals surface area contributed by atoms with E-state index in [0.29, 0.717) is 5.92 Å². The highest BCUT2D eigenvalue weighted by molar-refractivity contribution is 5.79. The van der Waals surface area contributed by atoms with Gasteiger partial charge in [-0.3, -0.25) is 4.79 Å². The average molecular weight is 315 g/mol. The molecule has 0 aromatic heterocycles. The minimum Gasteiger partial charge on any atom is -0.393 e. The Morgan fingerprint density at radius 2 is 2.00 bits per heavy atom. The lowest BCUT2D eigenvalue weighted by molar-refractivity contribution is -0.130. The molecule has 0 spiro atoms. The summed E-state index contributed by atoms with van der Waals surface area (Å²) >= 11 is 0. The minimum atomic E-state index is -0.166. The van der Waals surface area contributed by atoms with Crippen LogP contribution in [-0.2, 0) is 4.79 Å². The molecule has 0 saturated heterocycles. The van der Waals surface area contributed by atoms with Crippen LogP contribution in [0, 0.1) is 24.2 Å². The van der Waals surface area contributed by atoms with Crippen LogP contribution in [0.15, 0.2) is 23.8 Å². The van der Waals surface area contributed by atoms with Gasteiger partial charge in [-0.05, 0) is 70.3 Å². The van der Waals surface area contributed by atoms with Crippen LogP contribution in [0.3, 0.4) is 0 Å². The molecule has 2 rings (SSSR count). The third kappa shape index (κ3) is 5.55. The van der Waals surface area contributed by atoms with E-state index in [2.05, 4.69) is 17.3 Å². The Bertz CT molecular complexity index is 486. The molecule has 2 aliphatic carbocycles. The van der Waals surface area contributed by atoms with Crippen LogP contribution < -0.4 is 5.32 Å². The molecule has 3 nitrogen and oxygen atoms in total. The van der Waals surface area contributed by atoms with E-state index in [4.69, 9.17) is 6.42 Å². The number of allylic oxidation sites excluding steroid dienone is 4. The van der Waals surface area contributed by atoms with E-state index < -0.39 is 0 Å². The molecular weight excluding hydrogens is 286 g/mol. The Hall–Kier alpha value is -1.53. The van der Waals surface area contributed by atoms with Crippen LogP contribution in [0.1, 0.15) is 58.3 Å². The maximum Gasteiger partial charge on any atom is 0.223 e. The number of hydrogen-bond donors (Lipinski definition) is 2. The van der Waals surface area contributed by atoms with Crippen LogP contribution in [0.25, 0.3) is 0 Å². The summed E-state index contributed by atoms with van der Waals surface area (Å²) in [5, 5.41) is 12.7. The SMILES string of the molecule is C#C/C=C\C(=C/C)CCC1CC(C(=O)N[C@H]2CC[C@H](O)CC2)C1. The maximum atomic E-state index is 12.2. The number of carbonyl (C=O) groups is 1. The van der Waals surface area contributed by atoms with Crippen molar-refractivity contribution in [3.63, 3.8) is 0 Å². The number of rotatable bonds is 6. The van der Waals surface area contributed by atoms with Crippen molar-refractivity contribution in [1.82, 2.24) is 5.32 Å². The summed E-state index contributed by atoms with van der Waals surface area (Å²) in [4.78, 5) is 12.2. The second kappa shape index (κ2) is 8.93. The molecule has 2 N–H and O–H groups in total. The Morgan fingerprint density at radius 1 is 1.30 bits per heavy atom. The Balaban J connectivity index is 1.63. The predicted octanol–water partition coefficient (Wildman–Crippen LogP) is 3.35. The first-order valence-electron chi connectivity index (χ1n) is 8.88. The molecule has 23 heavy (non-hydrogen) atoms. The molecule has 0 aromatic carbocycles. The minimum absolute atomic E-state index is 0.166. The lowest BCUT2D eigenvalue weighted by atomic mass is 9.71. The number of hydrogen-bond acceptors (Lipinski definition) is 2. The zero-order valence-corrected chi connectivity index (χ0v) is 14.1. The van der Waals surface area contributed by atoms with Gasteiger partial charge in [-0.1, -0.05) is 23.6 Å². The molecule has 0 radical (unpaired) electrons. The van der Waals surface area contributed by atoms with Crippen molar-refractivity contribution in [2.24, 2.45) is 11.8 Å². The van der Waals surface area contributed by atoms with Crippen molar-refractivity contribution >= 4 is 5.91 Å². The van der Waals surface area contributed by atoms with E-state index in [9.17, 15) is 9.90 Å². The van der Waals surface area contributed by atoms with Crippen molar-refractivity contribution in [3.8, 4) is 12.3 Å². The van der Waals surface area contributed by atoms with Crippen LogP contribution in [0.4, 0.5) is 0 Å². The summed E-state index contributed by atoms with van der Waals surface area (Å²) in [5.41, 5.74) is 1.27. The zero-order valence-electron chi connectivity index (χ0n) is 14.1. The fourth-order valence-corrected chi connectivity index (χ4v) is 3.57. The van der Waals surface area contributed by atoms with Crippen LogP contribution in [0.5, 0.6) is 0 Å². The summed E-state index contributed by atoms with van der Waals surface area (Å²) in [6, 6.07) is 0.272. The van der Waals surface area contributed by atoms with Crippen LogP contribution in [-0.4, -0.2) is 23.2 Å². The van der Waals surface area contributed by atoms with Gasteiger partial charge < -0.3 is 10.4 Å². The molecule has 0 bridgehead atoms. The molecule has 2 saturated carbocycles. The average Bonchev–Trinajstić information content (AvgIpc) is 2.51. The van der Waals surface area contributed by atoms with Gasteiger partial charge in [-0.25, -0.2) is 0 Å². The number of amides is 1. The first-order valence-corrected chi connectivity index (χ1v) is 8.88.